The molecule has 0 fully saturated rings. The molecule has 0 unspecified atom stereocenters. The van der Waals surface area contributed by atoms with E-state index in [1.54, 1.807) is 0 Å². The maximum atomic E-state index is 5.45. The Hall–Kier alpha value is -10.0. The van der Waals surface area contributed by atoms with Crippen molar-refractivity contribution in [3.05, 3.63) is 291 Å². The van der Waals surface area contributed by atoms with Gasteiger partial charge in [-0.2, -0.15) is 0 Å². The maximum absolute atomic E-state index is 5.45. The molecular formula is C71H48N4. The van der Waals surface area contributed by atoms with Gasteiger partial charge in [0.2, 0.25) is 0 Å². The van der Waals surface area contributed by atoms with Crippen LogP contribution in [-0.4, -0.2) is 14.1 Å². The first-order valence-electron chi connectivity index (χ1n) is 25.6. The van der Waals surface area contributed by atoms with E-state index in [4.69, 9.17) is 4.98 Å². The topological polar surface area (TPSA) is 26.0 Å². The van der Waals surface area contributed by atoms with Crippen LogP contribution in [0.25, 0.3) is 111 Å². The monoisotopic (exact) mass is 956 g/mol. The van der Waals surface area contributed by atoms with Crippen LogP contribution in [-0.2, 0) is 0 Å². The number of hydrogen-bond donors (Lipinski definition) is 0. The minimum Gasteiger partial charge on any atom is -0.311 e. The number of para-hydroxylation sites is 2. The van der Waals surface area contributed by atoms with E-state index in [0.717, 1.165) is 84.1 Å². The molecule has 0 bridgehead atoms. The van der Waals surface area contributed by atoms with Crippen molar-refractivity contribution < 1.29 is 0 Å². The van der Waals surface area contributed by atoms with Crippen LogP contribution in [0.4, 0.5) is 17.1 Å². The molecule has 0 aliphatic rings. The molecule has 75 heavy (non-hydrogen) atoms. The summed E-state index contributed by atoms with van der Waals surface area (Å²) >= 11 is 0. The fourth-order valence-corrected chi connectivity index (χ4v) is 11.1. The minimum absolute atomic E-state index is 0.875. The van der Waals surface area contributed by atoms with E-state index in [1.807, 2.05) is 0 Å². The normalized spacial score (nSPS) is 11.5. The molecule has 0 radical (unpaired) electrons. The van der Waals surface area contributed by atoms with E-state index in [0.29, 0.717) is 0 Å². The zero-order chi connectivity index (χ0) is 49.7. The van der Waals surface area contributed by atoms with E-state index in [1.165, 1.54) is 43.8 Å². The Bertz CT molecular complexity index is 4260. The summed E-state index contributed by atoms with van der Waals surface area (Å²) in [7, 11) is 0. The van der Waals surface area contributed by atoms with E-state index in [-0.39, 0.29) is 0 Å². The molecule has 11 aromatic carbocycles. The molecule has 0 saturated heterocycles. The average Bonchev–Trinajstić information content (AvgIpc) is 4.00. The van der Waals surface area contributed by atoms with Gasteiger partial charge < -0.3 is 9.47 Å². The van der Waals surface area contributed by atoms with Crippen LogP contribution in [0, 0.1) is 0 Å². The highest BCUT2D eigenvalue weighted by atomic mass is 15.1. The molecule has 14 rings (SSSR count). The number of aromatic nitrogens is 3. The molecular weight excluding hydrogens is 909 g/mol. The number of rotatable bonds is 10. The number of anilines is 3. The van der Waals surface area contributed by atoms with Gasteiger partial charge >= 0.3 is 0 Å². The SMILES string of the molecule is c1ccc(-c2cc(-c3ccccc3)nc(-n3c4ccc(-c5ccccc5)cc4c4cc(-c5ccc6c(c5)c5cc(-c7ccccc7)ccc5n6-c5ccc(N(c6ccccc6)c6ccccc6)cc5)ccc43)c2)cc1. The third-order valence-corrected chi connectivity index (χ3v) is 14.7. The Morgan fingerprint density at radius 2 is 0.573 bits per heavy atom. The Labute approximate surface area is 435 Å². The molecule has 14 aromatic rings. The quantitative estimate of drug-likeness (QED) is 0.137. The molecule has 4 nitrogen and oxygen atoms in total. The largest absolute Gasteiger partial charge is 0.311 e. The lowest BCUT2D eigenvalue weighted by Gasteiger charge is -2.25. The summed E-state index contributed by atoms with van der Waals surface area (Å²) in [6.45, 7) is 0. The van der Waals surface area contributed by atoms with Crippen molar-refractivity contribution in [2.24, 2.45) is 0 Å². The van der Waals surface area contributed by atoms with Crippen LogP contribution >= 0.6 is 0 Å². The molecule has 3 aromatic heterocycles. The Balaban J connectivity index is 0.945. The standard InChI is InChI=1S/C71H48N4/c1-7-19-49(20-8-1)53-31-39-67-62(43-53)63-45-55(33-40-68(63)74(67)61-37-35-60(36-38-61)73(58-27-15-5-16-28-58)59-29-17-6-18-30-59)56-34-42-70-65(46-56)64-44-54(50-21-9-2-10-22-50)32-41-69(64)75(70)71-48-57(51-23-11-3-12-24-51)47-66(72-71)52-25-13-4-14-26-52/h1-48H. The summed E-state index contributed by atoms with van der Waals surface area (Å²) in [5, 5.41) is 4.75. The molecule has 0 atom stereocenters. The van der Waals surface area contributed by atoms with Gasteiger partial charge in [-0.15, -0.1) is 0 Å². The second-order valence-corrected chi connectivity index (χ2v) is 19.2. The highest BCUT2D eigenvalue weighted by Crippen LogP contribution is 2.42. The molecule has 352 valence electrons. The summed E-state index contributed by atoms with van der Waals surface area (Å²) in [4.78, 5) is 7.76. The van der Waals surface area contributed by atoms with Gasteiger partial charge in [0.15, 0.2) is 0 Å². The van der Waals surface area contributed by atoms with Gasteiger partial charge in [-0.25, -0.2) is 4.98 Å². The van der Waals surface area contributed by atoms with Crippen molar-refractivity contribution in [2.45, 2.75) is 0 Å². The lowest BCUT2D eigenvalue weighted by molar-refractivity contribution is 1.08. The van der Waals surface area contributed by atoms with Gasteiger partial charge in [0.25, 0.3) is 0 Å². The van der Waals surface area contributed by atoms with Gasteiger partial charge in [0, 0.05) is 49.9 Å². The van der Waals surface area contributed by atoms with E-state index >= 15 is 0 Å². The number of benzene rings is 11. The smallest absolute Gasteiger partial charge is 0.138 e. The predicted octanol–water partition coefficient (Wildman–Crippen LogP) is 19.1. The molecule has 3 heterocycles. The fraction of sp³-hybridized carbons (Fsp3) is 0. The van der Waals surface area contributed by atoms with E-state index in [2.05, 4.69) is 305 Å². The molecule has 0 amide bonds. The van der Waals surface area contributed by atoms with Crippen LogP contribution in [0.1, 0.15) is 0 Å². The first kappa shape index (κ1) is 43.7. The number of hydrogen-bond acceptors (Lipinski definition) is 2. The molecule has 0 aliphatic carbocycles. The minimum atomic E-state index is 0.875. The van der Waals surface area contributed by atoms with Crippen molar-refractivity contribution >= 4 is 60.7 Å². The van der Waals surface area contributed by atoms with Crippen LogP contribution in [0.15, 0.2) is 291 Å². The van der Waals surface area contributed by atoms with Crippen molar-refractivity contribution in [1.29, 1.82) is 0 Å². The van der Waals surface area contributed by atoms with Gasteiger partial charge in [0.1, 0.15) is 5.82 Å². The van der Waals surface area contributed by atoms with Crippen molar-refractivity contribution in [1.82, 2.24) is 14.1 Å². The Morgan fingerprint density at radius 1 is 0.240 bits per heavy atom. The Kier molecular flexibility index (Phi) is 10.8. The van der Waals surface area contributed by atoms with Crippen LogP contribution in [0.5, 0.6) is 0 Å². The fourth-order valence-electron chi connectivity index (χ4n) is 11.1. The van der Waals surface area contributed by atoms with E-state index < -0.39 is 0 Å². The number of pyridine rings is 1. The van der Waals surface area contributed by atoms with Gasteiger partial charge in [-0.3, -0.25) is 4.57 Å². The van der Waals surface area contributed by atoms with Crippen molar-refractivity contribution in [3.63, 3.8) is 0 Å². The van der Waals surface area contributed by atoms with Gasteiger partial charge in [0.05, 0.1) is 27.8 Å². The summed E-state index contributed by atoms with van der Waals surface area (Å²) in [5.41, 5.74) is 20.2. The van der Waals surface area contributed by atoms with Crippen LogP contribution < -0.4 is 4.90 Å². The third kappa shape index (κ3) is 7.93. The zero-order valence-electron chi connectivity index (χ0n) is 41.0. The predicted molar refractivity (Wildman–Crippen MR) is 315 cm³/mol. The summed E-state index contributed by atoms with van der Waals surface area (Å²) in [6.07, 6.45) is 0. The molecule has 0 aliphatic heterocycles. The summed E-state index contributed by atoms with van der Waals surface area (Å²) in [5.74, 6) is 0.875. The molecule has 0 saturated carbocycles. The first-order valence-corrected chi connectivity index (χ1v) is 25.6. The lowest BCUT2D eigenvalue weighted by atomic mass is 9.98. The third-order valence-electron chi connectivity index (χ3n) is 14.7. The second-order valence-electron chi connectivity index (χ2n) is 19.2. The van der Waals surface area contributed by atoms with Crippen molar-refractivity contribution in [3.8, 4) is 67.3 Å². The van der Waals surface area contributed by atoms with Crippen LogP contribution in [0.3, 0.4) is 0 Å². The summed E-state index contributed by atoms with van der Waals surface area (Å²) in [6, 6.07) is 105. The number of fused-ring (bicyclic) bond motifs is 6. The highest BCUT2D eigenvalue weighted by Gasteiger charge is 2.20. The van der Waals surface area contributed by atoms with Crippen molar-refractivity contribution in [2.75, 3.05) is 4.90 Å². The van der Waals surface area contributed by atoms with Gasteiger partial charge in [-0.1, -0.05) is 182 Å². The number of nitrogens with zero attached hydrogens (tertiary/aromatic N) is 4. The van der Waals surface area contributed by atoms with E-state index in [9.17, 15) is 0 Å². The first-order chi connectivity index (χ1) is 37.2. The van der Waals surface area contributed by atoms with Crippen LogP contribution in [0.2, 0.25) is 0 Å². The lowest BCUT2D eigenvalue weighted by Crippen LogP contribution is -2.09. The summed E-state index contributed by atoms with van der Waals surface area (Å²) < 4.78 is 4.78. The highest BCUT2D eigenvalue weighted by molar-refractivity contribution is 6.14. The second kappa shape index (κ2) is 18.5. The molecule has 0 N–H and O–H groups in total. The van der Waals surface area contributed by atoms with Gasteiger partial charge in [-0.05, 0) is 154 Å². The average molecular weight is 957 g/mol. The molecule has 4 heteroatoms. The zero-order valence-corrected chi connectivity index (χ0v) is 41.0. The Morgan fingerprint density at radius 3 is 0.987 bits per heavy atom. The molecule has 0 spiro atoms. The maximum Gasteiger partial charge on any atom is 0.138 e.